The van der Waals surface area contributed by atoms with Crippen LogP contribution in [0.3, 0.4) is 0 Å². The van der Waals surface area contributed by atoms with Gasteiger partial charge in [0, 0.05) is 23.4 Å². The Bertz CT molecular complexity index is 1080. The summed E-state index contributed by atoms with van der Waals surface area (Å²) in [4.78, 5) is 42.0. The molecule has 2 amide bonds. The Morgan fingerprint density at radius 2 is 1.92 bits per heavy atom. The number of fused-ring (bicyclic) bond motifs is 2. The zero-order chi connectivity index (χ0) is 26.2. The number of hydrogen-bond donors (Lipinski definition) is 2. The number of carbonyl (C=O) groups excluding carboxylic acids is 2. The van der Waals surface area contributed by atoms with Gasteiger partial charge in [-0.2, -0.15) is 0 Å². The van der Waals surface area contributed by atoms with Crippen LogP contribution in [0.5, 0.6) is 0 Å². The fraction of sp³-hybridized carbons (Fsp3) is 0.679. The molecule has 8 heteroatoms. The molecule has 36 heavy (non-hydrogen) atoms. The fourth-order valence-corrected chi connectivity index (χ4v) is 6.52. The van der Waals surface area contributed by atoms with Crippen molar-refractivity contribution in [3.8, 4) is 11.8 Å². The minimum atomic E-state index is -1.12. The van der Waals surface area contributed by atoms with Crippen LogP contribution in [0.2, 0.25) is 0 Å². The number of morpholine rings is 1. The Labute approximate surface area is 218 Å². The lowest BCUT2D eigenvalue weighted by Gasteiger charge is -2.31. The van der Waals surface area contributed by atoms with Crippen molar-refractivity contribution < 1.29 is 24.2 Å². The molecule has 2 N–H and O–H groups in total. The van der Waals surface area contributed by atoms with Crippen molar-refractivity contribution in [1.29, 1.82) is 0 Å². The molecule has 0 spiro atoms. The second kappa shape index (κ2) is 10.5. The average molecular weight is 515 g/mol. The van der Waals surface area contributed by atoms with E-state index in [-0.39, 0.29) is 45.9 Å². The third kappa shape index (κ3) is 5.63. The van der Waals surface area contributed by atoms with E-state index in [1.165, 1.54) is 0 Å². The largest absolute Gasteiger partial charge is 0.477 e. The lowest BCUT2D eigenvalue weighted by Crippen LogP contribution is -2.44. The number of ether oxygens (including phenoxy) is 1. The summed E-state index contributed by atoms with van der Waals surface area (Å²) in [7, 11) is 0. The molecule has 2 aliphatic heterocycles. The van der Waals surface area contributed by atoms with E-state index in [2.05, 4.69) is 24.1 Å². The van der Waals surface area contributed by atoms with Crippen LogP contribution in [-0.4, -0.2) is 53.1 Å². The second-order valence-corrected chi connectivity index (χ2v) is 12.6. The Morgan fingerprint density at radius 3 is 2.44 bits per heavy atom. The van der Waals surface area contributed by atoms with E-state index in [1.807, 2.05) is 32.6 Å². The summed E-state index contributed by atoms with van der Waals surface area (Å²) >= 11 is 1.06. The number of nitrogens with one attached hydrogen (secondary N) is 1. The smallest absolute Gasteiger partial charge is 0.348 e. The van der Waals surface area contributed by atoms with Gasteiger partial charge in [-0.15, -0.1) is 11.3 Å². The number of rotatable bonds is 6. The Balaban J connectivity index is 1.75. The lowest BCUT2D eigenvalue weighted by molar-refractivity contribution is -0.137. The number of nitrogens with zero attached hydrogens (tertiary/aromatic N) is 1. The lowest BCUT2D eigenvalue weighted by atomic mass is 9.82. The summed E-state index contributed by atoms with van der Waals surface area (Å²) < 4.78 is 5.69. The Kier molecular flexibility index (Phi) is 7.82. The Morgan fingerprint density at radius 1 is 1.22 bits per heavy atom. The van der Waals surface area contributed by atoms with Gasteiger partial charge >= 0.3 is 5.97 Å². The predicted octanol–water partition coefficient (Wildman–Crippen LogP) is 5.10. The van der Waals surface area contributed by atoms with Gasteiger partial charge in [0.05, 0.1) is 35.2 Å². The van der Waals surface area contributed by atoms with Crippen LogP contribution in [0.1, 0.15) is 99.2 Å². The van der Waals surface area contributed by atoms with Gasteiger partial charge in [0.2, 0.25) is 11.8 Å². The minimum Gasteiger partial charge on any atom is -0.477 e. The van der Waals surface area contributed by atoms with E-state index in [9.17, 15) is 19.5 Å². The minimum absolute atomic E-state index is 0.0381. The van der Waals surface area contributed by atoms with Gasteiger partial charge in [0.1, 0.15) is 4.88 Å². The second-order valence-electron chi connectivity index (χ2n) is 11.6. The average Bonchev–Trinajstić information content (AvgIpc) is 3.53. The molecule has 0 aromatic carbocycles. The van der Waals surface area contributed by atoms with E-state index < -0.39 is 11.9 Å². The topological polar surface area (TPSA) is 95.9 Å². The first-order chi connectivity index (χ1) is 17.0. The summed E-state index contributed by atoms with van der Waals surface area (Å²) in [6.07, 6.45) is 4.94. The van der Waals surface area contributed by atoms with Crippen molar-refractivity contribution in [3.63, 3.8) is 0 Å². The number of carbonyl (C=O) groups is 3. The molecular weight excluding hydrogens is 476 g/mol. The Hall–Kier alpha value is -2.37. The first-order valence-corrected chi connectivity index (χ1v) is 14.0. The standard InChI is InChI=1S/C28H38N2O5S/c1-6-20(26(32)30-14-19-13-18(30)15-35-19)22-21(11-12-28(3,4)5)36-24(27(33)34)23(22)29-25(31)17-9-7-16(2)8-10-17/h16-20H,6-10,13-15H2,1-5H3,(H,29,31)(H,33,34)/t16?,17?,18-,19+,20-/m1/s1. The molecule has 1 aromatic heterocycles. The van der Waals surface area contributed by atoms with Crippen molar-refractivity contribution in [1.82, 2.24) is 4.90 Å². The zero-order valence-corrected chi connectivity index (χ0v) is 22.8. The first kappa shape index (κ1) is 26.7. The molecule has 7 nitrogen and oxygen atoms in total. The highest BCUT2D eigenvalue weighted by molar-refractivity contribution is 7.15. The highest BCUT2D eigenvalue weighted by Crippen LogP contribution is 2.43. The van der Waals surface area contributed by atoms with Crippen molar-refractivity contribution in [2.24, 2.45) is 17.3 Å². The summed E-state index contributed by atoms with van der Waals surface area (Å²) in [5, 5.41) is 13.1. The molecule has 3 atom stereocenters. The number of amides is 2. The highest BCUT2D eigenvalue weighted by Gasteiger charge is 2.44. The molecule has 1 aromatic rings. The summed E-state index contributed by atoms with van der Waals surface area (Å²) in [5.74, 6) is 4.94. The number of hydrogen-bond acceptors (Lipinski definition) is 5. The molecule has 0 unspecified atom stereocenters. The van der Waals surface area contributed by atoms with Gasteiger partial charge in [-0.1, -0.05) is 25.7 Å². The van der Waals surface area contributed by atoms with Gasteiger partial charge < -0.3 is 20.1 Å². The summed E-state index contributed by atoms with van der Waals surface area (Å²) in [6, 6.07) is 0.0560. The van der Waals surface area contributed by atoms with Crippen LogP contribution < -0.4 is 5.32 Å². The van der Waals surface area contributed by atoms with Crippen molar-refractivity contribution in [2.45, 2.75) is 91.2 Å². The number of likely N-dealkylation sites (tertiary alicyclic amines) is 1. The van der Waals surface area contributed by atoms with Gasteiger partial charge in [-0.3, -0.25) is 9.59 Å². The molecule has 1 saturated carbocycles. The van der Waals surface area contributed by atoms with Crippen LogP contribution in [0.25, 0.3) is 0 Å². The maximum absolute atomic E-state index is 13.8. The maximum Gasteiger partial charge on any atom is 0.348 e. The molecular formula is C28H38N2O5S. The van der Waals surface area contributed by atoms with E-state index in [0.29, 0.717) is 35.9 Å². The first-order valence-electron chi connectivity index (χ1n) is 13.1. The third-order valence-electron chi connectivity index (χ3n) is 7.56. The van der Waals surface area contributed by atoms with Crippen LogP contribution in [-0.2, 0) is 14.3 Å². The number of aromatic carboxylic acids is 1. The van der Waals surface area contributed by atoms with Crippen LogP contribution in [0.4, 0.5) is 5.69 Å². The van der Waals surface area contributed by atoms with Crippen molar-refractivity contribution in [2.75, 3.05) is 18.5 Å². The van der Waals surface area contributed by atoms with Gasteiger partial charge in [0.15, 0.2) is 0 Å². The molecule has 3 fully saturated rings. The molecule has 1 aliphatic carbocycles. The van der Waals surface area contributed by atoms with Crippen molar-refractivity contribution in [3.05, 3.63) is 15.3 Å². The fourth-order valence-electron chi connectivity index (χ4n) is 5.51. The third-order valence-corrected chi connectivity index (χ3v) is 8.67. The number of thiophene rings is 1. The molecule has 196 valence electrons. The number of anilines is 1. The monoisotopic (exact) mass is 514 g/mol. The quantitative estimate of drug-likeness (QED) is 0.515. The number of carboxylic acid groups (broad SMARTS) is 1. The van der Waals surface area contributed by atoms with Crippen LogP contribution in [0.15, 0.2) is 0 Å². The normalized spacial score (nSPS) is 26.3. The van der Waals surface area contributed by atoms with E-state index in [0.717, 1.165) is 43.4 Å². The molecule has 3 aliphatic rings. The summed E-state index contributed by atoms with van der Waals surface area (Å²) in [5.41, 5.74) is 0.516. The van der Waals surface area contributed by atoms with Gasteiger partial charge in [-0.05, 0) is 65.2 Å². The predicted molar refractivity (Wildman–Crippen MR) is 140 cm³/mol. The van der Waals surface area contributed by atoms with Crippen LogP contribution in [0, 0.1) is 29.1 Å². The maximum atomic E-state index is 13.8. The molecule has 4 rings (SSSR count). The van der Waals surface area contributed by atoms with Crippen molar-refractivity contribution >= 4 is 34.8 Å². The zero-order valence-electron chi connectivity index (χ0n) is 22.0. The summed E-state index contributed by atoms with van der Waals surface area (Å²) in [6.45, 7) is 11.2. The molecule has 2 saturated heterocycles. The van der Waals surface area contributed by atoms with Crippen LogP contribution >= 0.6 is 11.3 Å². The van der Waals surface area contributed by atoms with Gasteiger partial charge in [0.25, 0.3) is 0 Å². The van der Waals surface area contributed by atoms with E-state index in [4.69, 9.17) is 4.74 Å². The van der Waals surface area contributed by atoms with E-state index >= 15 is 0 Å². The highest BCUT2D eigenvalue weighted by atomic mass is 32.1. The molecule has 2 bridgehead atoms. The molecule has 3 heterocycles. The van der Waals surface area contributed by atoms with E-state index in [1.54, 1.807) is 0 Å². The SMILES string of the molecule is CC[C@@H](C(=O)N1C[C@@H]2C[C@@H]1CO2)c1c(C#CC(C)(C)C)sc(C(=O)O)c1NC(=O)C1CCC(C)CC1. The number of carboxylic acids is 1. The van der Waals surface area contributed by atoms with Gasteiger partial charge in [-0.25, -0.2) is 4.79 Å². The molecule has 0 radical (unpaired) electrons.